The van der Waals surface area contributed by atoms with Crippen LogP contribution in [0.4, 0.5) is 10.5 Å². The number of ether oxygens (including phenoxy) is 1. The first-order chi connectivity index (χ1) is 7.70. The third-order valence-corrected chi connectivity index (χ3v) is 2.55. The average molecular weight is 220 g/mol. The van der Waals surface area contributed by atoms with Gasteiger partial charge in [-0.05, 0) is 18.6 Å². The average Bonchev–Trinajstić information content (AvgIpc) is 2.50. The molecule has 0 bridgehead atoms. The summed E-state index contributed by atoms with van der Waals surface area (Å²) in [5.41, 5.74) is 0.860. The molecule has 1 aliphatic rings. The Morgan fingerprint density at radius 2 is 2.12 bits per heavy atom. The molecule has 0 unspecified atom stereocenters. The summed E-state index contributed by atoms with van der Waals surface area (Å²) >= 11 is 0. The van der Waals surface area contributed by atoms with Gasteiger partial charge >= 0.3 is 6.03 Å². The minimum Gasteiger partial charge on any atom is -0.491 e. The molecule has 1 aromatic carbocycles. The number of carbonyl (C=O) groups is 1. The van der Waals surface area contributed by atoms with Crippen molar-refractivity contribution < 1.29 is 9.53 Å². The predicted octanol–water partition coefficient (Wildman–Crippen LogP) is 1.96. The first-order valence-electron chi connectivity index (χ1n) is 5.41. The van der Waals surface area contributed by atoms with E-state index in [0.717, 1.165) is 17.9 Å². The number of para-hydroxylation sites is 2. The van der Waals surface area contributed by atoms with Crippen LogP contribution < -0.4 is 9.64 Å². The fraction of sp³-hybridized carbons (Fsp3) is 0.417. The van der Waals surface area contributed by atoms with Gasteiger partial charge in [0.1, 0.15) is 5.75 Å². The van der Waals surface area contributed by atoms with Crippen molar-refractivity contribution in [3.63, 3.8) is 0 Å². The van der Waals surface area contributed by atoms with Gasteiger partial charge in [-0.3, -0.25) is 4.90 Å². The maximum absolute atomic E-state index is 12.0. The van der Waals surface area contributed by atoms with Crippen molar-refractivity contribution in [1.29, 1.82) is 0 Å². The van der Waals surface area contributed by atoms with Crippen molar-refractivity contribution in [3.05, 3.63) is 24.3 Å². The molecule has 2 rings (SSSR count). The molecule has 1 aromatic rings. The number of benzene rings is 1. The van der Waals surface area contributed by atoms with Crippen LogP contribution in [0.3, 0.4) is 0 Å². The number of hydrogen-bond donors (Lipinski definition) is 0. The highest BCUT2D eigenvalue weighted by atomic mass is 16.5. The fourth-order valence-corrected chi connectivity index (χ4v) is 1.77. The Hall–Kier alpha value is -1.71. The Balaban J connectivity index is 2.36. The van der Waals surface area contributed by atoms with E-state index in [1.165, 1.54) is 0 Å². The van der Waals surface area contributed by atoms with E-state index < -0.39 is 0 Å². The Bertz CT molecular complexity index is 390. The SMILES string of the molecule is CN(C)C(=O)N1CCCOc2ccccc21. The second-order valence-electron chi connectivity index (χ2n) is 4.00. The van der Waals surface area contributed by atoms with Crippen LogP contribution in [0.15, 0.2) is 24.3 Å². The third-order valence-electron chi connectivity index (χ3n) is 2.55. The van der Waals surface area contributed by atoms with Crippen LogP contribution in [0.25, 0.3) is 0 Å². The molecule has 0 aliphatic carbocycles. The Morgan fingerprint density at radius 1 is 1.38 bits per heavy atom. The van der Waals surface area contributed by atoms with Crippen LogP contribution in [0.5, 0.6) is 5.75 Å². The lowest BCUT2D eigenvalue weighted by molar-refractivity contribution is 0.224. The van der Waals surface area contributed by atoms with Crippen LogP contribution in [-0.4, -0.2) is 38.2 Å². The van der Waals surface area contributed by atoms with Crippen LogP contribution in [-0.2, 0) is 0 Å². The van der Waals surface area contributed by atoms with Crippen molar-refractivity contribution in [1.82, 2.24) is 4.90 Å². The van der Waals surface area contributed by atoms with Gasteiger partial charge in [-0.25, -0.2) is 4.79 Å². The zero-order valence-electron chi connectivity index (χ0n) is 9.64. The number of rotatable bonds is 0. The number of urea groups is 1. The van der Waals surface area contributed by atoms with Crippen molar-refractivity contribution in [2.75, 3.05) is 32.1 Å². The molecule has 1 heterocycles. The lowest BCUT2D eigenvalue weighted by Gasteiger charge is -2.25. The lowest BCUT2D eigenvalue weighted by atomic mass is 10.2. The van der Waals surface area contributed by atoms with Gasteiger partial charge in [0.05, 0.1) is 12.3 Å². The highest BCUT2D eigenvalue weighted by Crippen LogP contribution is 2.30. The van der Waals surface area contributed by atoms with Crippen molar-refractivity contribution >= 4 is 11.7 Å². The quantitative estimate of drug-likeness (QED) is 0.669. The summed E-state index contributed by atoms with van der Waals surface area (Å²) in [5.74, 6) is 0.787. The number of carbonyl (C=O) groups excluding carboxylic acids is 1. The molecule has 0 fully saturated rings. The summed E-state index contributed by atoms with van der Waals surface area (Å²) in [5, 5.41) is 0. The molecular formula is C12H16N2O2. The summed E-state index contributed by atoms with van der Waals surface area (Å²) in [6, 6.07) is 7.66. The van der Waals surface area contributed by atoms with Crippen molar-refractivity contribution in [2.45, 2.75) is 6.42 Å². The molecule has 0 saturated heterocycles. The first kappa shape index (κ1) is 10.8. The van der Waals surface area contributed by atoms with E-state index in [4.69, 9.17) is 4.74 Å². The van der Waals surface area contributed by atoms with Gasteiger partial charge in [-0.2, -0.15) is 0 Å². The minimum atomic E-state index is -0.00190. The molecule has 1 aliphatic heterocycles. The van der Waals surface area contributed by atoms with Crippen LogP contribution in [0.1, 0.15) is 6.42 Å². The Labute approximate surface area is 95.4 Å². The largest absolute Gasteiger partial charge is 0.491 e. The summed E-state index contributed by atoms with van der Waals surface area (Å²) in [7, 11) is 3.52. The number of amides is 2. The van der Waals surface area contributed by atoms with E-state index in [0.29, 0.717) is 13.2 Å². The molecule has 0 aromatic heterocycles. The van der Waals surface area contributed by atoms with E-state index in [9.17, 15) is 4.79 Å². The van der Waals surface area contributed by atoms with Crippen molar-refractivity contribution in [2.24, 2.45) is 0 Å². The molecule has 4 nitrogen and oxygen atoms in total. The topological polar surface area (TPSA) is 32.8 Å². The zero-order chi connectivity index (χ0) is 11.5. The van der Waals surface area contributed by atoms with Crippen LogP contribution >= 0.6 is 0 Å². The monoisotopic (exact) mass is 220 g/mol. The number of anilines is 1. The molecule has 16 heavy (non-hydrogen) atoms. The van der Waals surface area contributed by atoms with Gasteiger partial charge in [0, 0.05) is 20.6 Å². The summed E-state index contributed by atoms with van der Waals surface area (Å²) in [6.45, 7) is 1.36. The number of hydrogen-bond acceptors (Lipinski definition) is 2. The lowest BCUT2D eigenvalue weighted by Crippen LogP contribution is -2.39. The molecule has 0 radical (unpaired) electrons. The molecule has 86 valence electrons. The standard InChI is InChI=1S/C12H16N2O2/c1-13(2)12(15)14-8-5-9-16-11-7-4-3-6-10(11)14/h3-4,6-7H,5,8-9H2,1-2H3. The van der Waals surface area contributed by atoms with E-state index in [-0.39, 0.29) is 6.03 Å². The maximum atomic E-state index is 12.0. The smallest absolute Gasteiger partial charge is 0.324 e. The zero-order valence-corrected chi connectivity index (χ0v) is 9.64. The van der Waals surface area contributed by atoms with Gasteiger partial charge in [-0.1, -0.05) is 12.1 Å². The maximum Gasteiger partial charge on any atom is 0.324 e. The molecule has 2 amide bonds. The molecule has 0 spiro atoms. The summed E-state index contributed by atoms with van der Waals surface area (Å²) in [6.07, 6.45) is 0.855. The summed E-state index contributed by atoms with van der Waals surface area (Å²) in [4.78, 5) is 15.4. The van der Waals surface area contributed by atoms with E-state index in [1.807, 2.05) is 24.3 Å². The normalized spacial score (nSPS) is 14.8. The molecular weight excluding hydrogens is 204 g/mol. The first-order valence-corrected chi connectivity index (χ1v) is 5.41. The Kier molecular flexibility index (Phi) is 2.99. The van der Waals surface area contributed by atoms with Crippen LogP contribution in [0.2, 0.25) is 0 Å². The van der Waals surface area contributed by atoms with E-state index >= 15 is 0 Å². The fourth-order valence-electron chi connectivity index (χ4n) is 1.77. The second kappa shape index (κ2) is 4.43. The highest BCUT2D eigenvalue weighted by molar-refractivity contribution is 5.93. The number of nitrogens with zero attached hydrogens (tertiary/aromatic N) is 2. The van der Waals surface area contributed by atoms with Crippen molar-refractivity contribution in [3.8, 4) is 5.75 Å². The minimum absolute atomic E-state index is 0.00190. The van der Waals surface area contributed by atoms with Gasteiger partial charge in [0.25, 0.3) is 0 Å². The van der Waals surface area contributed by atoms with Gasteiger partial charge in [0.15, 0.2) is 0 Å². The van der Waals surface area contributed by atoms with Gasteiger partial charge in [-0.15, -0.1) is 0 Å². The molecule has 4 heteroatoms. The third kappa shape index (κ3) is 1.96. The van der Waals surface area contributed by atoms with Gasteiger partial charge < -0.3 is 9.64 Å². The van der Waals surface area contributed by atoms with Crippen LogP contribution in [0, 0.1) is 0 Å². The van der Waals surface area contributed by atoms with E-state index in [2.05, 4.69) is 0 Å². The second-order valence-corrected chi connectivity index (χ2v) is 4.00. The van der Waals surface area contributed by atoms with E-state index in [1.54, 1.807) is 23.9 Å². The Morgan fingerprint density at radius 3 is 2.88 bits per heavy atom. The number of fused-ring (bicyclic) bond motifs is 1. The summed E-state index contributed by atoms with van der Waals surface area (Å²) < 4.78 is 5.60. The molecule has 0 N–H and O–H groups in total. The predicted molar refractivity (Wildman–Crippen MR) is 63.0 cm³/mol. The molecule has 0 saturated carbocycles. The van der Waals surface area contributed by atoms with Gasteiger partial charge in [0.2, 0.25) is 0 Å². The molecule has 0 atom stereocenters. The highest BCUT2D eigenvalue weighted by Gasteiger charge is 2.22.